The molecule has 1 aliphatic carbocycles. The molecule has 0 spiro atoms. The summed E-state index contributed by atoms with van der Waals surface area (Å²) in [7, 11) is -3.69. The molecule has 9 heteroatoms. The second-order valence-corrected chi connectivity index (χ2v) is 13.1. The molecule has 0 unspecified atom stereocenters. The van der Waals surface area contributed by atoms with Crippen molar-refractivity contribution >= 4 is 27.1 Å². The number of benzene rings is 1. The Morgan fingerprint density at radius 3 is 2.68 bits per heavy atom. The minimum atomic E-state index is -3.69. The number of imidazole rings is 1. The van der Waals surface area contributed by atoms with Gasteiger partial charge in [0.2, 0.25) is 15.0 Å². The zero-order valence-corrected chi connectivity index (χ0v) is 23.0. The molecule has 37 heavy (non-hydrogen) atoms. The number of aryl methyl sites for hydroxylation is 1. The van der Waals surface area contributed by atoms with E-state index in [0.29, 0.717) is 24.6 Å². The predicted molar refractivity (Wildman–Crippen MR) is 144 cm³/mol. The number of hydrogen-bond acceptors (Lipinski definition) is 6. The van der Waals surface area contributed by atoms with E-state index in [4.69, 9.17) is 4.74 Å². The standard InChI is InChI=1S/C28H35N3O4S2/c1-21-8-5-9-22(16-21)20-37(33,34)28-29-17-24(31(28)23-10-3-2-4-11-23)18-30(19-25-12-6-14-35-25)27(32)26-13-7-15-36-26/h5,7-9,13,15-17,23,25H,2-4,6,10-12,14,18-20H2,1H3/t25-/m1/s1. The van der Waals surface area contributed by atoms with Crippen LogP contribution in [0.1, 0.15) is 77.5 Å². The zero-order valence-electron chi connectivity index (χ0n) is 21.3. The minimum Gasteiger partial charge on any atom is -0.376 e. The lowest BCUT2D eigenvalue weighted by atomic mass is 9.95. The van der Waals surface area contributed by atoms with Gasteiger partial charge in [-0.3, -0.25) is 4.79 Å². The van der Waals surface area contributed by atoms with Crippen molar-refractivity contribution in [2.24, 2.45) is 0 Å². The van der Waals surface area contributed by atoms with E-state index in [1.54, 1.807) is 6.20 Å². The molecule has 3 heterocycles. The molecule has 3 aromatic rings. The summed E-state index contributed by atoms with van der Waals surface area (Å²) >= 11 is 1.42. The summed E-state index contributed by atoms with van der Waals surface area (Å²) in [5.74, 6) is -0.142. The molecule has 2 fully saturated rings. The van der Waals surface area contributed by atoms with Crippen LogP contribution < -0.4 is 0 Å². The first-order chi connectivity index (χ1) is 17.9. The number of nitrogens with zero attached hydrogens (tertiary/aromatic N) is 3. The molecule has 1 atom stereocenters. The third-order valence-corrected chi connectivity index (χ3v) is 9.75. The first-order valence-electron chi connectivity index (χ1n) is 13.2. The summed E-state index contributed by atoms with van der Waals surface area (Å²) in [5.41, 5.74) is 2.56. The van der Waals surface area contributed by atoms with Crippen LogP contribution in [0, 0.1) is 6.92 Å². The Bertz CT molecular complexity index is 1300. The second-order valence-electron chi connectivity index (χ2n) is 10.2. The molecule has 1 saturated heterocycles. The van der Waals surface area contributed by atoms with Crippen LogP contribution in [0.3, 0.4) is 0 Å². The highest BCUT2D eigenvalue weighted by molar-refractivity contribution is 7.90. The normalized spacial score (nSPS) is 18.8. The van der Waals surface area contributed by atoms with E-state index < -0.39 is 9.84 Å². The van der Waals surface area contributed by atoms with E-state index in [0.717, 1.165) is 61.8 Å². The van der Waals surface area contributed by atoms with Gasteiger partial charge < -0.3 is 14.2 Å². The van der Waals surface area contributed by atoms with Gasteiger partial charge in [0.05, 0.1) is 35.2 Å². The molecule has 198 valence electrons. The Hall–Kier alpha value is -2.49. The lowest BCUT2D eigenvalue weighted by molar-refractivity contribution is 0.0503. The van der Waals surface area contributed by atoms with Crippen molar-refractivity contribution in [1.29, 1.82) is 0 Å². The van der Waals surface area contributed by atoms with Crippen LogP contribution >= 0.6 is 11.3 Å². The van der Waals surface area contributed by atoms with Crippen LogP contribution in [0.4, 0.5) is 0 Å². The molecule has 2 aromatic heterocycles. The van der Waals surface area contributed by atoms with Crippen LogP contribution in [-0.2, 0) is 26.9 Å². The SMILES string of the molecule is Cc1cccc(CS(=O)(=O)c2ncc(CN(C[C@H]3CCCO3)C(=O)c3cccs3)n2C2CCCCC2)c1. The van der Waals surface area contributed by atoms with Crippen molar-refractivity contribution in [1.82, 2.24) is 14.5 Å². The number of thiophene rings is 1. The smallest absolute Gasteiger partial charge is 0.264 e. The van der Waals surface area contributed by atoms with Crippen LogP contribution in [0.5, 0.6) is 0 Å². The zero-order chi connectivity index (χ0) is 25.8. The highest BCUT2D eigenvalue weighted by atomic mass is 32.2. The Kier molecular flexibility index (Phi) is 8.12. The number of carbonyl (C=O) groups is 1. The van der Waals surface area contributed by atoms with Crippen LogP contribution in [0.2, 0.25) is 0 Å². The molecular formula is C28H35N3O4S2. The molecule has 1 saturated carbocycles. The van der Waals surface area contributed by atoms with Gasteiger partial charge in [-0.25, -0.2) is 13.4 Å². The van der Waals surface area contributed by atoms with E-state index in [-0.39, 0.29) is 29.0 Å². The molecule has 0 N–H and O–H groups in total. The molecule has 7 nitrogen and oxygen atoms in total. The summed E-state index contributed by atoms with van der Waals surface area (Å²) in [5, 5.41) is 2.02. The first-order valence-corrected chi connectivity index (χ1v) is 15.7. The van der Waals surface area contributed by atoms with Crippen LogP contribution in [0.25, 0.3) is 0 Å². The number of aromatic nitrogens is 2. The topological polar surface area (TPSA) is 81.5 Å². The summed E-state index contributed by atoms with van der Waals surface area (Å²) in [4.78, 5) is 20.5. The summed E-state index contributed by atoms with van der Waals surface area (Å²) in [6, 6.07) is 11.4. The molecule has 0 radical (unpaired) electrons. The lowest BCUT2D eigenvalue weighted by Crippen LogP contribution is -2.37. The summed E-state index contributed by atoms with van der Waals surface area (Å²) < 4.78 is 35.2. The molecular weight excluding hydrogens is 506 g/mol. The van der Waals surface area contributed by atoms with Crippen molar-refractivity contribution < 1.29 is 17.9 Å². The van der Waals surface area contributed by atoms with Crippen molar-refractivity contribution in [2.75, 3.05) is 13.2 Å². The molecule has 1 aromatic carbocycles. The fourth-order valence-electron chi connectivity index (χ4n) is 5.54. The largest absolute Gasteiger partial charge is 0.376 e. The van der Waals surface area contributed by atoms with Crippen molar-refractivity contribution in [3.05, 3.63) is 69.7 Å². The lowest BCUT2D eigenvalue weighted by Gasteiger charge is -2.29. The highest BCUT2D eigenvalue weighted by Gasteiger charge is 2.31. The maximum Gasteiger partial charge on any atom is 0.264 e. The van der Waals surface area contributed by atoms with E-state index in [9.17, 15) is 13.2 Å². The fourth-order valence-corrected chi connectivity index (χ4v) is 7.76. The Balaban J connectivity index is 1.49. The van der Waals surface area contributed by atoms with Gasteiger partial charge in [0.15, 0.2) is 0 Å². The Morgan fingerprint density at radius 1 is 1.14 bits per heavy atom. The van der Waals surface area contributed by atoms with Crippen molar-refractivity contribution in [3.63, 3.8) is 0 Å². The predicted octanol–water partition coefficient (Wildman–Crippen LogP) is 5.55. The quantitative estimate of drug-likeness (QED) is 0.355. The van der Waals surface area contributed by atoms with Crippen molar-refractivity contribution in [3.8, 4) is 0 Å². The first kappa shape index (κ1) is 26.1. The number of sulfone groups is 1. The molecule has 1 aliphatic heterocycles. The molecule has 5 rings (SSSR count). The van der Waals surface area contributed by atoms with E-state index in [1.165, 1.54) is 11.3 Å². The van der Waals surface area contributed by atoms with E-state index in [2.05, 4.69) is 4.98 Å². The number of amides is 1. The van der Waals surface area contributed by atoms with Gasteiger partial charge in [-0.1, -0.05) is 55.2 Å². The molecule has 0 bridgehead atoms. The fraction of sp³-hybridized carbons (Fsp3) is 0.500. The van der Waals surface area contributed by atoms with Gasteiger partial charge in [-0.15, -0.1) is 11.3 Å². The number of carbonyl (C=O) groups excluding carboxylic acids is 1. The molecule has 2 aliphatic rings. The van der Waals surface area contributed by atoms with Crippen molar-refractivity contribution in [2.45, 2.75) is 81.5 Å². The molecule has 1 amide bonds. The van der Waals surface area contributed by atoms with Gasteiger partial charge in [-0.2, -0.15) is 0 Å². The number of ether oxygens (including phenoxy) is 1. The third-order valence-electron chi connectivity index (χ3n) is 7.32. The van der Waals surface area contributed by atoms with Gasteiger partial charge in [-0.05, 0) is 49.6 Å². The maximum absolute atomic E-state index is 13.7. The Labute approximate surface area is 223 Å². The average Bonchev–Trinajstić information content (AvgIpc) is 3.66. The van der Waals surface area contributed by atoms with E-state index >= 15 is 0 Å². The van der Waals surface area contributed by atoms with E-state index in [1.807, 2.05) is 58.2 Å². The van der Waals surface area contributed by atoms with Gasteiger partial charge in [0, 0.05) is 19.2 Å². The Morgan fingerprint density at radius 2 is 1.97 bits per heavy atom. The van der Waals surface area contributed by atoms with Crippen LogP contribution in [0.15, 0.2) is 53.1 Å². The summed E-state index contributed by atoms with van der Waals surface area (Å²) in [6.07, 6.45) is 8.71. The average molecular weight is 542 g/mol. The van der Waals surface area contributed by atoms with Gasteiger partial charge >= 0.3 is 0 Å². The van der Waals surface area contributed by atoms with Crippen LogP contribution in [-0.4, -0.2) is 48.0 Å². The van der Waals surface area contributed by atoms with Gasteiger partial charge in [0.25, 0.3) is 5.91 Å². The minimum absolute atomic E-state index is 0.000474. The monoisotopic (exact) mass is 541 g/mol. The highest BCUT2D eigenvalue weighted by Crippen LogP contribution is 2.33. The second kappa shape index (κ2) is 11.5. The number of hydrogen-bond donors (Lipinski definition) is 0. The van der Waals surface area contributed by atoms with Gasteiger partial charge in [0.1, 0.15) is 0 Å². The number of rotatable bonds is 9. The summed E-state index contributed by atoms with van der Waals surface area (Å²) in [6.45, 7) is 3.47. The maximum atomic E-state index is 13.7. The third kappa shape index (κ3) is 6.16.